The molecular formula is C12H17N3O2. The molecule has 1 aromatic rings. The van der Waals surface area contributed by atoms with Crippen LogP contribution in [0, 0.1) is 6.92 Å². The molecule has 0 atom stereocenters. The molecule has 0 unspecified atom stereocenters. The summed E-state index contributed by atoms with van der Waals surface area (Å²) in [7, 11) is 0. The standard InChI is InChI=1S/C12H17N3O2/c1-3-10-9(6-8(2)14-15-10)11(17)13-12(7-16)4-5-12/h6,16H,3-5,7H2,1-2H3,(H,13,17). The highest BCUT2D eigenvalue weighted by atomic mass is 16.3. The maximum atomic E-state index is 12.1. The highest BCUT2D eigenvalue weighted by Crippen LogP contribution is 2.34. The molecule has 5 heteroatoms. The molecule has 1 amide bonds. The predicted octanol–water partition coefficient (Wildman–Crippen LogP) is 0.602. The van der Waals surface area contributed by atoms with Crippen molar-refractivity contribution in [1.82, 2.24) is 15.5 Å². The van der Waals surface area contributed by atoms with Crippen LogP contribution in [0.5, 0.6) is 0 Å². The molecule has 1 aliphatic carbocycles. The molecule has 0 saturated heterocycles. The van der Waals surface area contributed by atoms with Gasteiger partial charge in [0.1, 0.15) is 0 Å². The lowest BCUT2D eigenvalue weighted by Crippen LogP contribution is -2.40. The molecule has 0 aromatic carbocycles. The van der Waals surface area contributed by atoms with Crippen LogP contribution in [0.25, 0.3) is 0 Å². The largest absolute Gasteiger partial charge is 0.394 e. The number of carbonyl (C=O) groups excluding carboxylic acids is 1. The smallest absolute Gasteiger partial charge is 0.253 e. The highest BCUT2D eigenvalue weighted by molar-refractivity contribution is 5.96. The molecule has 5 nitrogen and oxygen atoms in total. The Bertz CT molecular complexity index is 441. The van der Waals surface area contributed by atoms with E-state index in [2.05, 4.69) is 15.5 Å². The predicted molar refractivity (Wildman–Crippen MR) is 62.7 cm³/mol. The lowest BCUT2D eigenvalue weighted by Gasteiger charge is -2.15. The molecular weight excluding hydrogens is 218 g/mol. The average Bonchev–Trinajstić information content (AvgIpc) is 3.09. The van der Waals surface area contributed by atoms with E-state index < -0.39 is 0 Å². The van der Waals surface area contributed by atoms with Crippen LogP contribution < -0.4 is 5.32 Å². The fourth-order valence-corrected chi connectivity index (χ4v) is 1.75. The summed E-state index contributed by atoms with van der Waals surface area (Å²) in [6, 6.07) is 1.74. The summed E-state index contributed by atoms with van der Waals surface area (Å²) in [6.07, 6.45) is 2.35. The molecule has 0 bridgehead atoms. The number of nitrogens with zero attached hydrogens (tertiary/aromatic N) is 2. The van der Waals surface area contributed by atoms with E-state index in [1.54, 1.807) is 6.07 Å². The molecule has 1 aliphatic rings. The highest BCUT2D eigenvalue weighted by Gasteiger charge is 2.43. The topological polar surface area (TPSA) is 75.1 Å². The van der Waals surface area contributed by atoms with Gasteiger partial charge in [-0.3, -0.25) is 4.79 Å². The van der Waals surface area contributed by atoms with E-state index in [0.717, 1.165) is 18.5 Å². The quantitative estimate of drug-likeness (QED) is 0.801. The fraction of sp³-hybridized carbons (Fsp3) is 0.583. The van der Waals surface area contributed by atoms with Gasteiger partial charge in [-0.25, -0.2) is 0 Å². The molecule has 2 rings (SSSR count). The van der Waals surface area contributed by atoms with Gasteiger partial charge in [0.05, 0.1) is 29.1 Å². The van der Waals surface area contributed by atoms with E-state index in [0.29, 0.717) is 17.7 Å². The van der Waals surface area contributed by atoms with Crippen molar-refractivity contribution in [2.24, 2.45) is 0 Å². The Morgan fingerprint density at radius 2 is 2.24 bits per heavy atom. The van der Waals surface area contributed by atoms with Crippen molar-refractivity contribution in [3.63, 3.8) is 0 Å². The Morgan fingerprint density at radius 3 is 2.76 bits per heavy atom. The molecule has 1 saturated carbocycles. The van der Waals surface area contributed by atoms with Gasteiger partial charge < -0.3 is 10.4 Å². The minimum absolute atomic E-state index is 0.00229. The average molecular weight is 235 g/mol. The first kappa shape index (κ1) is 12.0. The van der Waals surface area contributed by atoms with E-state index in [9.17, 15) is 9.90 Å². The first-order valence-corrected chi connectivity index (χ1v) is 5.87. The van der Waals surface area contributed by atoms with Crippen LogP contribution in [0.15, 0.2) is 6.07 Å². The van der Waals surface area contributed by atoms with Gasteiger partial charge in [-0.1, -0.05) is 6.92 Å². The zero-order chi connectivity index (χ0) is 12.5. The van der Waals surface area contributed by atoms with Crippen molar-refractivity contribution < 1.29 is 9.90 Å². The molecule has 0 spiro atoms. The molecule has 1 heterocycles. The van der Waals surface area contributed by atoms with Gasteiger partial charge in [-0.2, -0.15) is 10.2 Å². The Hall–Kier alpha value is -1.49. The van der Waals surface area contributed by atoms with Crippen LogP contribution >= 0.6 is 0 Å². The van der Waals surface area contributed by atoms with Crippen molar-refractivity contribution in [3.05, 3.63) is 23.0 Å². The zero-order valence-electron chi connectivity index (χ0n) is 10.2. The van der Waals surface area contributed by atoms with E-state index >= 15 is 0 Å². The maximum Gasteiger partial charge on any atom is 0.253 e. The molecule has 2 N–H and O–H groups in total. The van der Waals surface area contributed by atoms with Gasteiger partial charge in [0.25, 0.3) is 5.91 Å². The lowest BCUT2D eigenvalue weighted by molar-refractivity contribution is 0.0905. The first-order chi connectivity index (χ1) is 8.10. The van der Waals surface area contributed by atoms with Crippen molar-refractivity contribution in [2.45, 2.75) is 38.6 Å². The Labute approximate surface area is 100 Å². The van der Waals surface area contributed by atoms with Crippen molar-refractivity contribution >= 4 is 5.91 Å². The number of carbonyl (C=O) groups is 1. The van der Waals surface area contributed by atoms with E-state index in [4.69, 9.17) is 0 Å². The number of amides is 1. The van der Waals surface area contributed by atoms with Crippen LogP contribution in [-0.2, 0) is 6.42 Å². The van der Waals surface area contributed by atoms with Gasteiger partial charge in [0.15, 0.2) is 0 Å². The number of aliphatic hydroxyl groups excluding tert-OH is 1. The van der Waals surface area contributed by atoms with Crippen LogP contribution in [0.4, 0.5) is 0 Å². The third-order valence-electron chi connectivity index (χ3n) is 3.11. The summed E-state index contributed by atoms with van der Waals surface area (Å²) in [5.74, 6) is -0.161. The van der Waals surface area contributed by atoms with Gasteiger partial charge in [0, 0.05) is 0 Å². The Balaban J connectivity index is 2.21. The Morgan fingerprint density at radius 1 is 1.53 bits per heavy atom. The number of aryl methyl sites for hydroxylation is 2. The maximum absolute atomic E-state index is 12.1. The van der Waals surface area contributed by atoms with E-state index in [1.807, 2.05) is 13.8 Å². The molecule has 0 aliphatic heterocycles. The second kappa shape index (κ2) is 4.41. The number of hydrogen-bond acceptors (Lipinski definition) is 4. The SMILES string of the molecule is CCc1nnc(C)cc1C(=O)NC1(CO)CC1. The molecule has 0 radical (unpaired) electrons. The molecule has 92 valence electrons. The van der Waals surface area contributed by atoms with Crippen LogP contribution in [0.2, 0.25) is 0 Å². The molecule has 17 heavy (non-hydrogen) atoms. The lowest BCUT2D eigenvalue weighted by atomic mass is 10.1. The summed E-state index contributed by atoms with van der Waals surface area (Å²) in [6.45, 7) is 3.74. The van der Waals surface area contributed by atoms with Crippen molar-refractivity contribution in [3.8, 4) is 0 Å². The third kappa shape index (κ3) is 2.44. The number of nitrogens with one attached hydrogen (secondary N) is 1. The van der Waals surface area contributed by atoms with E-state index in [-0.39, 0.29) is 18.1 Å². The minimum atomic E-state index is -0.390. The van der Waals surface area contributed by atoms with Crippen LogP contribution in [0.1, 0.15) is 41.5 Å². The van der Waals surface area contributed by atoms with Crippen molar-refractivity contribution in [2.75, 3.05) is 6.61 Å². The summed E-state index contributed by atoms with van der Waals surface area (Å²) in [5, 5.41) is 20.0. The number of aromatic nitrogens is 2. The molecule has 1 fully saturated rings. The zero-order valence-corrected chi connectivity index (χ0v) is 10.2. The van der Waals surface area contributed by atoms with E-state index in [1.165, 1.54) is 0 Å². The Kier molecular flexibility index (Phi) is 3.11. The van der Waals surface area contributed by atoms with Crippen LogP contribution in [0.3, 0.4) is 0 Å². The molecule has 1 aromatic heterocycles. The second-order valence-electron chi connectivity index (χ2n) is 4.59. The fourth-order valence-electron chi connectivity index (χ4n) is 1.75. The summed E-state index contributed by atoms with van der Waals surface area (Å²) in [4.78, 5) is 12.1. The number of aliphatic hydroxyl groups is 1. The van der Waals surface area contributed by atoms with Crippen molar-refractivity contribution in [1.29, 1.82) is 0 Å². The third-order valence-corrected chi connectivity index (χ3v) is 3.11. The number of rotatable bonds is 4. The second-order valence-corrected chi connectivity index (χ2v) is 4.59. The summed E-state index contributed by atoms with van der Waals surface area (Å²) < 4.78 is 0. The van der Waals surface area contributed by atoms with Crippen LogP contribution in [-0.4, -0.2) is 33.4 Å². The number of hydrogen-bond donors (Lipinski definition) is 2. The normalized spacial score (nSPS) is 16.6. The monoisotopic (exact) mass is 235 g/mol. The van der Waals surface area contributed by atoms with Gasteiger partial charge in [-0.05, 0) is 32.3 Å². The van der Waals surface area contributed by atoms with Gasteiger partial charge >= 0.3 is 0 Å². The minimum Gasteiger partial charge on any atom is -0.394 e. The summed E-state index contributed by atoms with van der Waals surface area (Å²) in [5.41, 5.74) is 1.60. The van der Waals surface area contributed by atoms with Gasteiger partial charge in [-0.15, -0.1) is 0 Å². The van der Waals surface area contributed by atoms with Gasteiger partial charge in [0.2, 0.25) is 0 Å². The summed E-state index contributed by atoms with van der Waals surface area (Å²) >= 11 is 0. The first-order valence-electron chi connectivity index (χ1n) is 5.87.